The molecular formula is C11H18ClN3. The van der Waals surface area contributed by atoms with Gasteiger partial charge in [0, 0.05) is 12.1 Å². The number of rotatable bonds is 5. The lowest BCUT2D eigenvalue weighted by atomic mass is 10.1. The van der Waals surface area contributed by atoms with E-state index in [1.807, 2.05) is 10.9 Å². The van der Waals surface area contributed by atoms with E-state index in [4.69, 9.17) is 17.3 Å². The van der Waals surface area contributed by atoms with Crippen LogP contribution in [0.2, 0.25) is 5.02 Å². The highest BCUT2D eigenvalue weighted by Crippen LogP contribution is 2.42. The first-order chi connectivity index (χ1) is 7.26. The largest absolute Gasteiger partial charge is 0.330 e. The molecule has 15 heavy (non-hydrogen) atoms. The van der Waals surface area contributed by atoms with Crippen molar-refractivity contribution in [3.63, 3.8) is 0 Å². The summed E-state index contributed by atoms with van der Waals surface area (Å²) in [6, 6.07) is 0.403. The molecule has 1 aliphatic rings. The van der Waals surface area contributed by atoms with Crippen molar-refractivity contribution in [2.75, 3.05) is 6.54 Å². The zero-order valence-corrected chi connectivity index (χ0v) is 9.87. The Morgan fingerprint density at radius 1 is 1.67 bits per heavy atom. The topological polar surface area (TPSA) is 43.8 Å². The number of aromatic nitrogens is 2. The van der Waals surface area contributed by atoms with Gasteiger partial charge in [-0.3, -0.25) is 4.68 Å². The van der Waals surface area contributed by atoms with Gasteiger partial charge in [0.15, 0.2) is 0 Å². The molecule has 1 saturated carbocycles. The van der Waals surface area contributed by atoms with Crippen molar-refractivity contribution in [3.05, 3.63) is 16.9 Å². The average molecular weight is 228 g/mol. The van der Waals surface area contributed by atoms with Gasteiger partial charge in [-0.2, -0.15) is 5.10 Å². The van der Waals surface area contributed by atoms with E-state index < -0.39 is 0 Å². The van der Waals surface area contributed by atoms with Gasteiger partial charge in [0.2, 0.25) is 0 Å². The van der Waals surface area contributed by atoms with Crippen LogP contribution >= 0.6 is 11.6 Å². The van der Waals surface area contributed by atoms with E-state index in [1.165, 1.54) is 12.8 Å². The lowest BCUT2D eigenvalue weighted by Crippen LogP contribution is -2.14. The van der Waals surface area contributed by atoms with Crippen LogP contribution in [-0.2, 0) is 0 Å². The Morgan fingerprint density at radius 2 is 2.40 bits per heavy atom. The smallest absolute Gasteiger partial charge is 0.0841 e. The first-order valence-corrected chi connectivity index (χ1v) is 6.08. The van der Waals surface area contributed by atoms with Crippen LogP contribution in [0.4, 0.5) is 0 Å². The maximum Gasteiger partial charge on any atom is 0.0841 e. The van der Waals surface area contributed by atoms with E-state index in [1.54, 1.807) is 0 Å². The first kappa shape index (κ1) is 11.0. The van der Waals surface area contributed by atoms with Crippen LogP contribution in [0.5, 0.6) is 0 Å². The van der Waals surface area contributed by atoms with Crippen LogP contribution in [-0.4, -0.2) is 16.3 Å². The van der Waals surface area contributed by atoms with Crippen molar-refractivity contribution in [2.45, 2.75) is 44.6 Å². The number of hydrogen-bond donors (Lipinski definition) is 1. The van der Waals surface area contributed by atoms with Gasteiger partial charge in [-0.1, -0.05) is 18.5 Å². The zero-order valence-electron chi connectivity index (χ0n) is 9.12. The monoisotopic (exact) mass is 227 g/mol. The van der Waals surface area contributed by atoms with Crippen LogP contribution < -0.4 is 5.73 Å². The fourth-order valence-corrected chi connectivity index (χ4v) is 2.21. The maximum absolute atomic E-state index is 6.17. The number of hydrogen-bond acceptors (Lipinski definition) is 2. The van der Waals surface area contributed by atoms with Crippen LogP contribution in [0.1, 0.15) is 50.3 Å². The average Bonchev–Trinajstić information content (AvgIpc) is 2.99. The summed E-state index contributed by atoms with van der Waals surface area (Å²) >= 11 is 6.17. The van der Waals surface area contributed by atoms with E-state index in [0.717, 1.165) is 23.6 Å². The molecule has 1 heterocycles. The van der Waals surface area contributed by atoms with Crippen molar-refractivity contribution < 1.29 is 0 Å². The Balaban J connectivity index is 2.15. The summed E-state index contributed by atoms with van der Waals surface area (Å²) in [5.74, 6) is 0.620. The van der Waals surface area contributed by atoms with Crippen molar-refractivity contribution >= 4 is 11.6 Å². The summed E-state index contributed by atoms with van der Waals surface area (Å²) in [4.78, 5) is 0. The van der Waals surface area contributed by atoms with E-state index in [0.29, 0.717) is 18.5 Å². The molecule has 0 amide bonds. The molecule has 1 atom stereocenters. The molecule has 0 radical (unpaired) electrons. The molecule has 84 valence electrons. The fraction of sp³-hybridized carbons (Fsp3) is 0.727. The van der Waals surface area contributed by atoms with Gasteiger partial charge >= 0.3 is 0 Å². The van der Waals surface area contributed by atoms with Gasteiger partial charge in [0.1, 0.15) is 0 Å². The van der Waals surface area contributed by atoms with Gasteiger partial charge < -0.3 is 5.73 Å². The predicted octanol–water partition coefficient (Wildman–Crippen LogP) is 2.71. The van der Waals surface area contributed by atoms with E-state index in [-0.39, 0.29) is 0 Å². The minimum Gasteiger partial charge on any atom is -0.330 e. The summed E-state index contributed by atoms with van der Waals surface area (Å²) in [7, 11) is 0. The van der Waals surface area contributed by atoms with Crippen LogP contribution in [0.15, 0.2) is 6.20 Å². The molecule has 1 aromatic rings. The SMILES string of the molecule is CCC(CCN)n1cc(Cl)c(C2CC2)n1. The molecular weight excluding hydrogens is 210 g/mol. The molecule has 0 spiro atoms. The molecule has 2 N–H and O–H groups in total. The second kappa shape index (κ2) is 4.54. The molecule has 2 rings (SSSR count). The van der Waals surface area contributed by atoms with Crippen molar-refractivity contribution in [2.24, 2.45) is 5.73 Å². The van der Waals surface area contributed by atoms with Crippen LogP contribution in [0.25, 0.3) is 0 Å². The van der Waals surface area contributed by atoms with Crippen molar-refractivity contribution in [1.29, 1.82) is 0 Å². The molecule has 0 aromatic carbocycles. The molecule has 1 aromatic heterocycles. The Morgan fingerprint density at radius 3 is 2.93 bits per heavy atom. The van der Waals surface area contributed by atoms with Gasteiger partial charge in [-0.05, 0) is 32.2 Å². The van der Waals surface area contributed by atoms with E-state index in [9.17, 15) is 0 Å². The van der Waals surface area contributed by atoms with Gasteiger partial charge in [0.05, 0.1) is 16.8 Å². The Bertz CT molecular complexity index is 331. The van der Waals surface area contributed by atoms with Gasteiger partial charge in [-0.15, -0.1) is 0 Å². The highest BCUT2D eigenvalue weighted by atomic mass is 35.5. The second-order valence-corrected chi connectivity index (χ2v) is 4.66. The number of nitrogens with zero attached hydrogens (tertiary/aromatic N) is 2. The summed E-state index contributed by atoms with van der Waals surface area (Å²) in [5.41, 5.74) is 6.68. The number of nitrogens with two attached hydrogens (primary N) is 1. The Labute approximate surface area is 95.6 Å². The fourth-order valence-electron chi connectivity index (χ4n) is 1.92. The molecule has 3 nitrogen and oxygen atoms in total. The zero-order chi connectivity index (χ0) is 10.8. The molecule has 1 unspecified atom stereocenters. The molecule has 4 heteroatoms. The van der Waals surface area contributed by atoms with Crippen molar-refractivity contribution in [3.8, 4) is 0 Å². The molecule has 0 bridgehead atoms. The third-order valence-electron chi connectivity index (χ3n) is 3.02. The van der Waals surface area contributed by atoms with E-state index in [2.05, 4.69) is 12.0 Å². The Hall–Kier alpha value is -0.540. The molecule has 0 aliphatic heterocycles. The minimum atomic E-state index is 0.403. The minimum absolute atomic E-state index is 0.403. The third-order valence-corrected chi connectivity index (χ3v) is 3.31. The molecule has 0 saturated heterocycles. The summed E-state index contributed by atoms with van der Waals surface area (Å²) in [6.45, 7) is 2.86. The van der Waals surface area contributed by atoms with Gasteiger partial charge in [-0.25, -0.2) is 0 Å². The maximum atomic E-state index is 6.17. The van der Waals surface area contributed by atoms with Gasteiger partial charge in [0.25, 0.3) is 0 Å². The highest BCUT2D eigenvalue weighted by Gasteiger charge is 2.29. The van der Waals surface area contributed by atoms with Crippen molar-refractivity contribution in [1.82, 2.24) is 9.78 Å². The van der Waals surface area contributed by atoms with E-state index >= 15 is 0 Å². The third kappa shape index (κ3) is 2.34. The summed E-state index contributed by atoms with van der Waals surface area (Å²) in [5, 5.41) is 5.42. The predicted molar refractivity (Wildman–Crippen MR) is 62.2 cm³/mol. The van der Waals surface area contributed by atoms with Crippen LogP contribution in [0.3, 0.4) is 0 Å². The standard InChI is InChI=1S/C11H18ClN3/c1-2-9(5-6-13)15-7-10(12)11(14-15)8-3-4-8/h7-9H,2-6,13H2,1H3. The Kier molecular flexibility index (Phi) is 3.32. The second-order valence-electron chi connectivity index (χ2n) is 4.26. The summed E-state index contributed by atoms with van der Waals surface area (Å²) < 4.78 is 2.00. The molecule has 1 aliphatic carbocycles. The lowest BCUT2D eigenvalue weighted by molar-refractivity contribution is 0.415. The number of halogens is 1. The lowest BCUT2D eigenvalue weighted by Gasteiger charge is -2.13. The molecule has 1 fully saturated rings. The normalized spacial score (nSPS) is 18.1. The quantitative estimate of drug-likeness (QED) is 0.841. The first-order valence-electron chi connectivity index (χ1n) is 5.70. The highest BCUT2D eigenvalue weighted by molar-refractivity contribution is 6.31. The summed E-state index contributed by atoms with van der Waals surface area (Å²) in [6.07, 6.45) is 6.46. The van der Waals surface area contributed by atoms with Crippen LogP contribution in [0, 0.1) is 0 Å².